The molecule has 0 unspecified atom stereocenters. The van der Waals surface area contributed by atoms with Crippen LogP contribution in [0.4, 0.5) is 0 Å². The highest BCUT2D eigenvalue weighted by atomic mass is 35.5. The Morgan fingerprint density at radius 2 is 0.457 bits per heavy atom. The maximum Gasteiger partial charge on any atom is 0.0484 e. The number of halogens is 1. The fourth-order valence-electron chi connectivity index (χ4n) is 20.2. The quantitative estimate of drug-likeness (QED) is 0.0360. The Balaban J connectivity index is 0.718. The van der Waals surface area contributed by atoms with Gasteiger partial charge in [-0.25, -0.2) is 0 Å². The third-order valence-corrected chi connectivity index (χ3v) is 26.5. The summed E-state index contributed by atoms with van der Waals surface area (Å²) < 4.78 is 0. The van der Waals surface area contributed by atoms with Gasteiger partial charge in [-0.2, -0.15) is 0 Å². The molecular weight excluding hydrogens is 1280 g/mol. The number of hydrogen-bond donors (Lipinski definition) is 0. The van der Waals surface area contributed by atoms with Gasteiger partial charge in [0.1, 0.15) is 0 Å². The van der Waals surface area contributed by atoms with Crippen molar-refractivity contribution >= 4 is 22.4 Å². The highest BCUT2D eigenvalue weighted by Crippen LogP contribution is 2.59. The maximum absolute atomic E-state index is 6.77. The zero-order chi connectivity index (χ0) is 72.3. The van der Waals surface area contributed by atoms with Crippen LogP contribution in [0.25, 0.3) is 111 Å². The lowest BCUT2D eigenvalue weighted by atomic mass is 9.70. The minimum Gasteiger partial charge on any atom is -0.0837 e. The second kappa shape index (κ2) is 31.4. The first-order valence-electron chi connectivity index (χ1n) is 41.7. The van der Waals surface area contributed by atoms with Gasteiger partial charge in [0.2, 0.25) is 0 Å². The van der Waals surface area contributed by atoms with E-state index in [1.807, 2.05) is 0 Å². The van der Waals surface area contributed by atoms with Gasteiger partial charge >= 0.3 is 0 Å². The molecule has 0 saturated heterocycles. The van der Waals surface area contributed by atoms with Gasteiger partial charge in [-0.3, -0.25) is 0 Å². The van der Waals surface area contributed by atoms with Crippen molar-refractivity contribution in [2.24, 2.45) is 0 Å². The van der Waals surface area contributed by atoms with Gasteiger partial charge < -0.3 is 0 Å². The van der Waals surface area contributed by atoms with E-state index in [0.29, 0.717) is 0 Å². The van der Waals surface area contributed by atoms with Crippen LogP contribution in [-0.4, -0.2) is 0 Å². The molecule has 105 heavy (non-hydrogen) atoms. The lowest BCUT2D eigenvalue weighted by molar-refractivity contribution is 0.398. The number of rotatable bonds is 33. The monoisotopic (exact) mass is 1400 g/mol. The van der Waals surface area contributed by atoms with Gasteiger partial charge in [-0.1, -0.05) is 385 Å². The van der Waals surface area contributed by atoms with E-state index in [9.17, 15) is 0 Å². The average molecular weight is 1400 g/mol. The molecule has 1 heteroatoms. The van der Waals surface area contributed by atoms with E-state index in [-0.39, 0.29) is 21.7 Å². The summed E-state index contributed by atoms with van der Waals surface area (Å²) in [6, 6.07) is 84.1. The van der Waals surface area contributed by atoms with Crippen molar-refractivity contribution in [3.05, 3.63) is 262 Å². The summed E-state index contributed by atoms with van der Waals surface area (Å²) in [6.45, 7) is 19.2. The SMILES string of the molecule is CCCCCCCCC1(CCCCCCCC)c2ccccc2-c2ccc(-c3ccc4c(c3)C(C)(C)c3cc(-c5ccc(-c6ccc7c(c6)C(CCCCCCCC)(CCCCCCCC)c6cc(-c8ccc9c(c8)C(C)(C)c8cc(-c%10ccc(Cl)c%11ccccc%10%11)ccc8-9)ccc6-7)cc5)ccc3-4)cc21. The summed E-state index contributed by atoms with van der Waals surface area (Å²) in [6.07, 6.45) is 36.4. The number of unbranched alkanes of at least 4 members (excludes halogenated alkanes) is 20. The van der Waals surface area contributed by atoms with Crippen LogP contribution in [0.2, 0.25) is 5.02 Å². The third kappa shape index (κ3) is 13.8. The molecule has 0 aromatic heterocycles. The highest BCUT2D eigenvalue weighted by Gasteiger charge is 2.45. The van der Waals surface area contributed by atoms with Crippen molar-refractivity contribution in [3.63, 3.8) is 0 Å². The smallest absolute Gasteiger partial charge is 0.0484 e. The second-order valence-electron chi connectivity index (χ2n) is 33.6. The Morgan fingerprint density at radius 3 is 0.829 bits per heavy atom. The Hall–Kier alpha value is -8.03. The first kappa shape index (κ1) is 72.5. The molecule has 0 N–H and O–H groups in total. The van der Waals surface area contributed by atoms with Crippen LogP contribution in [0, 0.1) is 0 Å². The van der Waals surface area contributed by atoms with E-state index in [4.69, 9.17) is 11.6 Å². The molecule has 15 rings (SSSR count). The molecule has 0 radical (unpaired) electrons. The normalized spacial score (nSPS) is 14.8. The molecule has 0 nitrogen and oxygen atoms in total. The van der Waals surface area contributed by atoms with Crippen LogP contribution in [0.5, 0.6) is 0 Å². The molecule has 0 fully saturated rings. The number of hydrogen-bond acceptors (Lipinski definition) is 0. The minimum atomic E-state index is -0.178. The Bertz CT molecular complexity index is 4890. The van der Waals surface area contributed by atoms with Crippen molar-refractivity contribution in [3.8, 4) is 100 Å². The Labute approximate surface area is 637 Å². The molecule has 0 saturated carbocycles. The van der Waals surface area contributed by atoms with Crippen molar-refractivity contribution in [1.82, 2.24) is 0 Å². The van der Waals surface area contributed by atoms with E-state index in [0.717, 1.165) is 10.4 Å². The molecule has 0 spiro atoms. The summed E-state index contributed by atoms with van der Waals surface area (Å²) in [4.78, 5) is 0. The summed E-state index contributed by atoms with van der Waals surface area (Å²) in [7, 11) is 0. The van der Waals surface area contributed by atoms with Crippen molar-refractivity contribution in [2.45, 2.75) is 257 Å². The van der Waals surface area contributed by atoms with Gasteiger partial charge in [-0.05, 0) is 224 Å². The van der Waals surface area contributed by atoms with Crippen molar-refractivity contribution in [1.29, 1.82) is 0 Å². The molecule has 4 aliphatic rings. The van der Waals surface area contributed by atoms with Gasteiger partial charge in [0.25, 0.3) is 0 Å². The molecule has 0 aliphatic heterocycles. The summed E-state index contributed by atoms with van der Waals surface area (Å²) in [5.41, 5.74) is 35.9. The molecule has 0 atom stereocenters. The van der Waals surface area contributed by atoms with E-state index < -0.39 is 0 Å². The first-order valence-corrected chi connectivity index (χ1v) is 42.1. The standard InChI is InChI=1S/C104H115Cl/c1-9-13-17-21-25-33-61-103(62-34-26-22-18-14-10-2)92-40-32-31-38-83(92)88-56-49-78(69-97(88)103)76-47-53-85-84-52-45-74(65-93(84)101(5,6)94(85)66-76)72-41-43-73(44-42-72)75-46-55-89-90-57-50-79(70-99(90)104(98(89)68-75,63-35-27-23-19-15-11-3)64-36-28-24-20-16-12-4)77-48-54-86-87-58-51-80(71-96(87)102(7,8)95(86)67-77)81-59-60-100(105)91-39-30-29-37-82(81)91/h29-32,37-60,65-71H,9-28,33-36,61-64H2,1-8H3. The van der Waals surface area contributed by atoms with Crippen LogP contribution < -0.4 is 0 Å². The molecule has 0 amide bonds. The van der Waals surface area contributed by atoms with Gasteiger partial charge in [-0.15, -0.1) is 0 Å². The Kier molecular flexibility index (Phi) is 21.7. The first-order chi connectivity index (χ1) is 51.3. The number of benzene rings is 11. The zero-order valence-electron chi connectivity index (χ0n) is 64.9. The van der Waals surface area contributed by atoms with Crippen LogP contribution in [0.3, 0.4) is 0 Å². The van der Waals surface area contributed by atoms with E-state index >= 15 is 0 Å². The van der Waals surface area contributed by atoms with E-state index in [1.165, 1.54) is 308 Å². The fraction of sp³-hybridized carbons (Fsp3) is 0.385. The molecular formula is C104H115Cl. The summed E-state index contributed by atoms with van der Waals surface area (Å²) in [5.74, 6) is 0. The van der Waals surface area contributed by atoms with Gasteiger partial charge in [0.15, 0.2) is 0 Å². The van der Waals surface area contributed by atoms with Crippen LogP contribution in [0.15, 0.2) is 212 Å². The van der Waals surface area contributed by atoms with Crippen molar-refractivity contribution in [2.75, 3.05) is 0 Å². The summed E-state index contributed by atoms with van der Waals surface area (Å²) in [5, 5.41) is 3.09. The molecule has 538 valence electrons. The lowest BCUT2D eigenvalue weighted by Gasteiger charge is -2.33. The molecule has 4 aliphatic carbocycles. The number of fused-ring (bicyclic) bond motifs is 13. The van der Waals surface area contributed by atoms with E-state index in [2.05, 4.69) is 268 Å². The molecule has 0 bridgehead atoms. The average Bonchev–Trinajstić information content (AvgIpc) is 1.57. The van der Waals surface area contributed by atoms with Gasteiger partial charge in [0, 0.05) is 32.1 Å². The summed E-state index contributed by atoms with van der Waals surface area (Å²) >= 11 is 6.77. The van der Waals surface area contributed by atoms with Crippen LogP contribution in [-0.2, 0) is 21.7 Å². The molecule has 11 aromatic carbocycles. The highest BCUT2D eigenvalue weighted by molar-refractivity contribution is 6.36. The maximum atomic E-state index is 6.77. The predicted molar refractivity (Wildman–Crippen MR) is 456 cm³/mol. The van der Waals surface area contributed by atoms with Gasteiger partial charge in [0.05, 0.1) is 0 Å². The molecule has 11 aromatic rings. The fourth-order valence-corrected chi connectivity index (χ4v) is 20.4. The minimum absolute atomic E-state index is 0.0610. The third-order valence-electron chi connectivity index (χ3n) is 26.2. The lowest BCUT2D eigenvalue weighted by Crippen LogP contribution is -2.25. The zero-order valence-corrected chi connectivity index (χ0v) is 65.6. The second-order valence-corrected chi connectivity index (χ2v) is 34.0. The van der Waals surface area contributed by atoms with Crippen LogP contribution >= 0.6 is 11.6 Å². The predicted octanol–water partition coefficient (Wildman–Crippen LogP) is 32.0. The largest absolute Gasteiger partial charge is 0.0837 e. The molecule has 0 heterocycles. The van der Waals surface area contributed by atoms with Crippen molar-refractivity contribution < 1.29 is 0 Å². The Morgan fingerprint density at radius 1 is 0.210 bits per heavy atom. The topological polar surface area (TPSA) is 0 Å². The van der Waals surface area contributed by atoms with E-state index in [1.54, 1.807) is 22.3 Å². The van der Waals surface area contributed by atoms with Crippen LogP contribution in [0.1, 0.15) is 280 Å².